The number of fused-ring (bicyclic) bond motifs is 2. The standard InChI is InChI=1S/C26H30N4O3/c1-17(19-6-4-7-19)29(15-18-9-11-21(27)12-10-18)23(31)16-30-24(32)26(28-25(30)33)14-13-20-5-2-3-8-22(20)26/h2-3,5,8-12,17,19H,4,6-7,13-16,27H2,1H3,(H,28,33)/t17-,26?/m0/s1. The van der Waals surface area contributed by atoms with Gasteiger partial charge in [0.05, 0.1) is 0 Å². The highest BCUT2D eigenvalue weighted by atomic mass is 16.2. The molecular weight excluding hydrogens is 416 g/mol. The van der Waals surface area contributed by atoms with E-state index in [4.69, 9.17) is 5.73 Å². The predicted octanol–water partition coefficient (Wildman–Crippen LogP) is 3.18. The van der Waals surface area contributed by atoms with Gasteiger partial charge in [-0.05, 0) is 67.3 Å². The Bertz CT molecular complexity index is 1090. The molecule has 1 saturated carbocycles. The molecule has 7 heteroatoms. The molecule has 4 amide bonds. The van der Waals surface area contributed by atoms with Crippen LogP contribution in [-0.2, 0) is 28.1 Å². The van der Waals surface area contributed by atoms with Crippen molar-refractivity contribution in [3.63, 3.8) is 0 Å². The Morgan fingerprint density at radius 3 is 2.61 bits per heavy atom. The lowest BCUT2D eigenvalue weighted by molar-refractivity contribution is -0.142. The molecule has 0 bridgehead atoms. The fraction of sp³-hybridized carbons (Fsp3) is 0.423. The maximum absolute atomic E-state index is 13.5. The fourth-order valence-corrected chi connectivity index (χ4v) is 5.42. The molecule has 3 aliphatic rings. The number of hydrogen-bond donors (Lipinski definition) is 2. The molecule has 5 rings (SSSR count). The van der Waals surface area contributed by atoms with Gasteiger partial charge in [-0.25, -0.2) is 4.79 Å². The average Bonchev–Trinajstić information content (AvgIpc) is 3.25. The molecule has 1 heterocycles. The second kappa shape index (κ2) is 8.21. The van der Waals surface area contributed by atoms with Gasteiger partial charge in [0.25, 0.3) is 5.91 Å². The topological polar surface area (TPSA) is 95.7 Å². The van der Waals surface area contributed by atoms with Gasteiger partial charge in [-0.3, -0.25) is 14.5 Å². The molecule has 3 N–H and O–H groups in total. The van der Waals surface area contributed by atoms with E-state index in [0.29, 0.717) is 24.6 Å². The van der Waals surface area contributed by atoms with E-state index in [9.17, 15) is 14.4 Å². The number of aryl methyl sites for hydroxylation is 1. The molecule has 1 aliphatic heterocycles. The van der Waals surface area contributed by atoms with Crippen LogP contribution in [0.15, 0.2) is 48.5 Å². The summed E-state index contributed by atoms with van der Waals surface area (Å²) < 4.78 is 0. The maximum Gasteiger partial charge on any atom is 0.325 e. The zero-order valence-electron chi connectivity index (χ0n) is 18.9. The molecule has 2 atom stereocenters. The second-order valence-electron chi connectivity index (χ2n) is 9.58. The number of urea groups is 1. The molecule has 2 fully saturated rings. The molecule has 0 aromatic heterocycles. The van der Waals surface area contributed by atoms with E-state index in [1.165, 1.54) is 6.42 Å². The van der Waals surface area contributed by atoms with Gasteiger partial charge in [-0.2, -0.15) is 0 Å². The quantitative estimate of drug-likeness (QED) is 0.526. The molecule has 172 valence electrons. The summed E-state index contributed by atoms with van der Waals surface area (Å²) in [6, 6.07) is 14.7. The first-order chi connectivity index (χ1) is 15.9. The van der Waals surface area contributed by atoms with E-state index in [-0.39, 0.29) is 24.4 Å². The number of nitrogens with one attached hydrogen (secondary N) is 1. The molecule has 2 aromatic rings. The van der Waals surface area contributed by atoms with Crippen molar-refractivity contribution in [2.24, 2.45) is 5.92 Å². The van der Waals surface area contributed by atoms with Crippen molar-refractivity contribution in [3.8, 4) is 0 Å². The minimum atomic E-state index is -1.05. The first-order valence-electron chi connectivity index (χ1n) is 11.8. The molecule has 2 aromatic carbocycles. The lowest BCUT2D eigenvalue weighted by Crippen LogP contribution is -2.49. The highest BCUT2D eigenvalue weighted by molar-refractivity contribution is 6.09. The fourth-order valence-electron chi connectivity index (χ4n) is 5.42. The number of nitrogens with zero attached hydrogens (tertiary/aromatic N) is 2. The highest BCUT2D eigenvalue weighted by Gasteiger charge is 2.55. The van der Waals surface area contributed by atoms with Crippen molar-refractivity contribution in [2.45, 2.75) is 57.2 Å². The van der Waals surface area contributed by atoms with Crippen molar-refractivity contribution >= 4 is 23.5 Å². The van der Waals surface area contributed by atoms with E-state index < -0.39 is 11.6 Å². The van der Waals surface area contributed by atoms with Gasteiger partial charge in [-0.1, -0.05) is 42.8 Å². The Morgan fingerprint density at radius 1 is 1.18 bits per heavy atom. The number of imide groups is 1. The number of rotatable bonds is 6. The zero-order chi connectivity index (χ0) is 23.2. The molecule has 1 saturated heterocycles. The number of carbonyl (C=O) groups is 3. The number of amides is 4. The van der Waals surface area contributed by atoms with Crippen LogP contribution >= 0.6 is 0 Å². The van der Waals surface area contributed by atoms with Gasteiger partial charge in [0.15, 0.2) is 0 Å². The lowest BCUT2D eigenvalue weighted by Gasteiger charge is -2.39. The van der Waals surface area contributed by atoms with Crippen LogP contribution in [0.3, 0.4) is 0 Å². The van der Waals surface area contributed by atoms with Gasteiger partial charge >= 0.3 is 6.03 Å². The second-order valence-corrected chi connectivity index (χ2v) is 9.58. The SMILES string of the molecule is C[C@@H](C1CCC1)N(Cc1ccc(N)cc1)C(=O)CN1C(=O)NC2(CCc3ccccc32)C1=O. The van der Waals surface area contributed by atoms with E-state index in [1.54, 1.807) is 0 Å². The summed E-state index contributed by atoms with van der Waals surface area (Å²) in [5.74, 6) is -0.0912. The van der Waals surface area contributed by atoms with Gasteiger partial charge in [-0.15, -0.1) is 0 Å². The molecular formula is C26H30N4O3. The van der Waals surface area contributed by atoms with Gasteiger partial charge in [0, 0.05) is 18.3 Å². The third-order valence-corrected chi connectivity index (χ3v) is 7.69. The van der Waals surface area contributed by atoms with Crippen LogP contribution in [0.1, 0.15) is 49.3 Å². The summed E-state index contributed by atoms with van der Waals surface area (Å²) >= 11 is 0. The van der Waals surface area contributed by atoms with Crippen molar-refractivity contribution in [2.75, 3.05) is 12.3 Å². The normalized spacial score (nSPS) is 22.8. The Labute approximate surface area is 193 Å². The predicted molar refractivity (Wildman–Crippen MR) is 125 cm³/mol. The summed E-state index contributed by atoms with van der Waals surface area (Å²) in [5, 5.41) is 2.91. The molecule has 33 heavy (non-hydrogen) atoms. The van der Waals surface area contributed by atoms with Crippen LogP contribution in [-0.4, -0.2) is 40.2 Å². The number of anilines is 1. The number of carbonyl (C=O) groups excluding carboxylic acids is 3. The van der Waals surface area contributed by atoms with Crippen LogP contribution in [0.2, 0.25) is 0 Å². The molecule has 1 spiro atoms. The average molecular weight is 447 g/mol. The first kappa shape index (κ1) is 21.5. The summed E-state index contributed by atoms with van der Waals surface area (Å²) in [4.78, 5) is 42.8. The zero-order valence-corrected chi connectivity index (χ0v) is 18.9. The van der Waals surface area contributed by atoms with E-state index in [1.807, 2.05) is 53.4 Å². The molecule has 7 nitrogen and oxygen atoms in total. The number of hydrogen-bond acceptors (Lipinski definition) is 4. The van der Waals surface area contributed by atoms with Crippen LogP contribution in [0, 0.1) is 5.92 Å². The van der Waals surface area contributed by atoms with Crippen molar-refractivity contribution in [1.82, 2.24) is 15.1 Å². The smallest absolute Gasteiger partial charge is 0.325 e. The Balaban J connectivity index is 1.37. The van der Waals surface area contributed by atoms with E-state index in [2.05, 4.69) is 12.2 Å². The van der Waals surface area contributed by atoms with Crippen LogP contribution in [0.5, 0.6) is 0 Å². The van der Waals surface area contributed by atoms with Crippen molar-refractivity contribution < 1.29 is 14.4 Å². The molecule has 2 aliphatic carbocycles. The summed E-state index contributed by atoms with van der Waals surface area (Å²) in [6.07, 6.45) is 4.61. The Morgan fingerprint density at radius 2 is 1.91 bits per heavy atom. The monoisotopic (exact) mass is 446 g/mol. The molecule has 0 radical (unpaired) electrons. The largest absolute Gasteiger partial charge is 0.399 e. The summed E-state index contributed by atoms with van der Waals surface area (Å²) in [7, 11) is 0. The Hall–Kier alpha value is -3.35. The number of nitrogens with two attached hydrogens (primary N) is 1. The van der Waals surface area contributed by atoms with Crippen LogP contribution in [0.4, 0.5) is 10.5 Å². The maximum atomic E-state index is 13.5. The first-order valence-corrected chi connectivity index (χ1v) is 11.8. The lowest BCUT2D eigenvalue weighted by atomic mass is 9.79. The minimum Gasteiger partial charge on any atom is -0.399 e. The van der Waals surface area contributed by atoms with Crippen LogP contribution in [0.25, 0.3) is 0 Å². The van der Waals surface area contributed by atoms with Gasteiger partial charge < -0.3 is 16.0 Å². The van der Waals surface area contributed by atoms with Crippen molar-refractivity contribution in [1.29, 1.82) is 0 Å². The summed E-state index contributed by atoms with van der Waals surface area (Å²) in [5.41, 5.74) is 8.34. The third-order valence-electron chi connectivity index (χ3n) is 7.69. The van der Waals surface area contributed by atoms with E-state index >= 15 is 0 Å². The number of nitrogen functional groups attached to an aromatic ring is 1. The molecule has 1 unspecified atom stereocenters. The van der Waals surface area contributed by atoms with Crippen molar-refractivity contribution in [3.05, 3.63) is 65.2 Å². The number of benzene rings is 2. The highest BCUT2D eigenvalue weighted by Crippen LogP contribution is 2.41. The van der Waals surface area contributed by atoms with E-state index in [0.717, 1.165) is 40.9 Å². The summed E-state index contributed by atoms with van der Waals surface area (Å²) in [6.45, 7) is 2.24. The minimum absolute atomic E-state index is 0.0331. The van der Waals surface area contributed by atoms with Gasteiger partial charge in [0.1, 0.15) is 12.1 Å². The Kier molecular flexibility index (Phi) is 5.35. The third kappa shape index (κ3) is 3.65. The van der Waals surface area contributed by atoms with Gasteiger partial charge in [0.2, 0.25) is 5.91 Å². The van der Waals surface area contributed by atoms with Crippen LogP contribution < -0.4 is 11.1 Å².